The Kier molecular flexibility index (Phi) is 7.78. The molecule has 3 rings (SSSR count). The molecule has 9 heteroatoms. The first kappa shape index (κ1) is 25.8. The maximum atomic E-state index is 14.8. The summed E-state index contributed by atoms with van der Waals surface area (Å²) in [5.74, 6) is -3.89. The van der Waals surface area contributed by atoms with E-state index in [-0.39, 0.29) is 6.42 Å². The molecule has 0 amide bonds. The Balaban J connectivity index is 2.09. The molecule has 0 N–H and O–H groups in total. The molecule has 0 saturated carbocycles. The van der Waals surface area contributed by atoms with E-state index in [9.17, 15) is 18.8 Å². The SMILES string of the molecule is Cc1cc(N(C)[B]C=O)cc2c1C(=O)O[C@@H](C)[C@H](C)/C=C(/F)C(=O)[C@H]1OC(C)(C)O[C@H]1C/C=C/2. The standard InChI is InChI=1S/C25H30BFNO6/c1-14-11-19(27)22(30)23-20(33-25(4,5)34-23)9-7-8-17-12-18(28(6)26-13-29)10-15(2)21(17)24(31)32-16(14)3/h7-8,10-14,16,20,23H,9H2,1-6H3/b8-7+,19-11+/t14-,16+,20+,23+/m1/s1. The molecular formula is C25H30BFNO6. The van der Waals surface area contributed by atoms with Gasteiger partial charge in [-0.2, -0.15) is 0 Å². The number of anilines is 1. The Morgan fingerprint density at radius 3 is 2.59 bits per heavy atom. The Morgan fingerprint density at radius 2 is 1.91 bits per heavy atom. The van der Waals surface area contributed by atoms with Crippen LogP contribution in [0.4, 0.5) is 10.1 Å². The fourth-order valence-electron chi connectivity index (χ4n) is 4.06. The molecule has 2 aliphatic heterocycles. The van der Waals surface area contributed by atoms with Crippen molar-refractivity contribution in [3.05, 3.63) is 46.8 Å². The topological polar surface area (TPSA) is 82.1 Å². The highest BCUT2D eigenvalue weighted by molar-refractivity contribution is 6.70. The summed E-state index contributed by atoms with van der Waals surface area (Å²) in [4.78, 5) is 38.5. The average Bonchev–Trinajstić information content (AvgIpc) is 3.06. The van der Waals surface area contributed by atoms with E-state index in [1.165, 1.54) is 7.41 Å². The number of halogens is 1. The Hall–Kier alpha value is -2.78. The van der Waals surface area contributed by atoms with Gasteiger partial charge in [0, 0.05) is 11.6 Å². The number of nitrogens with zero attached hydrogens (tertiary/aromatic N) is 1. The average molecular weight is 470 g/mol. The van der Waals surface area contributed by atoms with Crippen LogP contribution in [0, 0.1) is 12.8 Å². The number of ketones is 1. The van der Waals surface area contributed by atoms with Gasteiger partial charge in [-0.05, 0) is 70.5 Å². The smallest absolute Gasteiger partial charge is 0.339 e. The van der Waals surface area contributed by atoms with E-state index in [0.29, 0.717) is 28.6 Å². The Morgan fingerprint density at radius 1 is 1.21 bits per heavy atom. The highest BCUT2D eigenvalue weighted by atomic mass is 19.1. The van der Waals surface area contributed by atoms with Gasteiger partial charge in [-0.1, -0.05) is 19.1 Å². The van der Waals surface area contributed by atoms with Crippen LogP contribution in [-0.2, 0) is 23.8 Å². The predicted molar refractivity (Wildman–Crippen MR) is 128 cm³/mol. The van der Waals surface area contributed by atoms with Crippen molar-refractivity contribution in [1.29, 1.82) is 0 Å². The van der Waals surface area contributed by atoms with E-state index in [2.05, 4.69) is 0 Å². The molecule has 1 fully saturated rings. The number of hydrogen-bond acceptors (Lipinski definition) is 7. The van der Waals surface area contributed by atoms with Crippen molar-refractivity contribution in [3.63, 3.8) is 0 Å². The highest BCUT2D eigenvalue weighted by Crippen LogP contribution is 2.33. The number of aryl methyl sites for hydroxylation is 1. The Bertz CT molecular complexity index is 1040. The van der Waals surface area contributed by atoms with E-state index in [1.807, 2.05) is 0 Å². The van der Waals surface area contributed by atoms with Crippen molar-refractivity contribution in [1.82, 2.24) is 0 Å². The van der Waals surface area contributed by atoms with Gasteiger partial charge in [0.2, 0.25) is 5.78 Å². The summed E-state index contributed by atoms with van der Waals surface area (Å²) in [7, 11) is 3.10. The molecule has 7 nitrogen and oxygen atoms in total. The van der Waals surface area contributed by atoms with Crippen LogP contribution in [0.25, 0.3) is 6.08 Å². The van der Waals surface area contributed by atoms with Crippen molar-refractivity contribution < 1.29 is 33.0 Å². The second-order valence-corrected chi connectivity index (χ2v) is 9.20. The fraction of sp³-hybridized carbons (Fsp3) is 0.480. The van der Waals surface area contributed by atoms with Crippen molar-refractivity contribution in [2.75, 3.05) is 11.9 Å². The van der Waals surface area contributed by atoms with Crippen LogP contribution in [0.2, 0.25) is 0 Å². The van der Waals surface area contributed by atoms with Crippen molar-refractivity contribution in [2.45, 2.75) is 65.1 Å². The molecule has 0 aromatic heterocycles. The normalized spacial score (nSPS) is 29.6. The number of cyclic esters (lactones) is 1. The van der Waals surface area contributed by atoms with Crippen LogP contribution >= 0.6 is 0 Å². The van der Waals surface area contributed by atoms with Gasteiger partial charge in [-0.3, -0.25) is 4.79 Å². The van der Waals surface area contributed by atoms with Crippen molar-refractivity contribution in [3.8, 4) is 0 Å². The molecule has 1 aromatic carbocycles. The fourth-order valence-corrected chi connectivity index (χ4v) is 4.06. The highest BCUT2D eigenvalue weighted by Gasteiger charge is 2.45. The van der Waals surface area contributed by atoms with Crippen LogP contribution in [0.15, 0.2) is 30.1 Å². The van der Waals surface area contributed by atoms with Crippen LogP contribution in [-0.4, -0.2) is 56.5 Å². The third-order valence-corrected chi connectivity index (χ3v) is 6.03. The summed E-state index contributed by atoms with van der Waals surface area (Å²) >= 11 is 0. The first-order valence-electron chi connectivity index (χ1n) is 11.2. The molecule has 1 saturated heterocycles. The summed E-state index contributed by atoms with van der Waals surface area (Å²) in [5, 5.41) is 0. The van der Waals surface area contributed by atoms with E-state index in [4.69, 9.17) is 14.2 Å². The van der Waals surface area contributed by atoms with Gasteiger partial charge in [0.1, 0.15) is 12.3 Å². The molecule has 34 heavy (non-hydrogen) atoms. The van der Waals surface area contributed by atoms with Gasteiger partial charge in [-0.25, -0.2) is 9.18 Å². The largest absolute Gasteiger partial charge is 0.458 e. The van der Waals surface area contributed by atoms with Gasteiger partial charge < -0.3 is 23.8 Å². The molecule has 1 aromatic rings. The minimum Gasteiger partial charge on any atom is -0.458 e. The molecule has 4 atom stereocenters. The second-order valence-electron chi connectivity index (χ2n) is 9.20. The van der Waals surface area contributed by atoms with Gasteiger partial charge in [-0.15, -0.1) is 0 Å². The summed E-state index contributed by atoms with van der Waals surface area (Å²) in [6.07, 6.45) is 3.12. The lowest BCUT2D eigenvalue weighted by molar-refractivity contribution is -0.153. The molecule has 0 aliphatic carbocycles. The summed E-state index contributed by atoms with van der Waals surface area (Å²) in [5.41, 5.74) is 2.34. The van der Waals surface area contributed by atoms with Gasteiger partial charge >= 0.3 is 13.4 Å². The van der Waals surface area contributed by atoms with Crippen LogP contribution in [0.3, 0.4) is 0 Å². The number of benzene rings is 1. The van der Waals surface area contributed by atoms with E-state index < -0.39 is 47.6 Å². The molecule has 0 bridgehead atoms. The number of rotatable bonds is 3. The predicted octanol–water partition coefficient (Wildman–Crippen LogP) is 3.78. The zero-order chi connectivity index (χ0) is 25.2. The van der Waals surface area contributed by atoms with Gasteiger partial charge in [0.15, 0.2) is 17.7 Å². The van der Waals surface area contributed by atoms with E-state index in [1.54, 1.807) is 70.8 Å². The molecule has 181 valence electrons. The lowest BCUT2D eigenvalue weighted by atomic mass is 9.92. The third kappa shape index (κ3) is 5.64. The van der Waals surface area contributed by atoms with Crippen LogP contribution < -0.4 is 4.81 Å². The Labute approximate surface area is 200 Å². The zero-order valence-corrected chi connectivity index (χ0v) is 20.3. The third-order valence-electron chi connectivity index (χ3n) is 6.03. The first-order chi connectivity index (χ1) is 15.9. The summed E-state index contributed by atoms with van der Waals surface area (Å²) in [6, 6.07) is 3.56. The zero-order valence-electron chi connectivity index (χ0n) is 20.3. The van der Waals surface area contributed by atoms with E-state index in [0.717, 1.165) is 6.08 Å². The molecular weight excluding hydrogens is 440 g/mol. The molecule has 0 spiro atoms. The minimum absolute atomic E-state index is 0.257. The summed E-state index contributed by atoms with van der Waals surface area (Å²) in [6.45, 7) is 8.46. The van der Waals surface area contributed by atoms with Crippen LogP contribution in [0.1, 0.15) is 55.6 Å². The van der Waals surface area contributed by atoms with Crippen LogP contribution in [0.5, 0.6) is 0 Å². The molecule has 1 radical (unpaired) electrons. The number of Topliss-reactive ketones (excluding diaryl/α,β-unsaturated/α-hetero) is 1. The van der Waals surface area contributed by atoms with Gasteiger partial charge in [0.25, 0.3) is 0 Å². The second kappa shape index (κ2) is 10.2. The van der Waals surface area contributed by atoms with Gasteiger partial charge in [0.05, 0.1) is 11.7 Å². The lowest BCUT2D eigenvalue weighted by Gasteiger charge is -2.22. The maximum absolute atomic E-state index is 14.8. The summed E-state index contributed by atoms with van der Waals surface area (Å²) < 4.78 is 32.1. The van der Waals surface area contributed by atoms with Crippen molar-refractivity contribution >= 4 is 37.1 Å². The quantitative estimate of drug-likeness (QED) is 0.378. The number of hydrogen-bond donors (Lipinski definition) is 0. The molecule has 2 aliphatic rings. The number of carbonyl (C=O) groups is 3. The number of ether oxygens (including phenoxy) is 3. The number of carbonyl (C=O) groups excluding carboxylic acids is 3. The maximum Gasteiger partial charge on any atom is 0.339 e. The van der Waals surface area contributed by atoms with Crippen molar-refractivity contribution in [2.24, 2.45) is 5.92 Å². The minimum atomic E-state index is -1.09. The molecule has 0 unspecified atom stereocenters. The van der Waals surface area contributed by atoms with E-state index >= 15 is 0 Å². The monoisotopic (exact) mass is 470 g/mol. The number of fused-ring (bicyclic) bond motifs is 2. The molecule has 2 heterocycles. The number of esters is 1. The first-order valence-corrected chi connectivity index (χ1v) is 11.2. The lowest BCUT2D eigenvalue weighted by Crippen LogP contribution is -2.32.